The van der Waals surface area contributed by atoms with E-state index >= 15 is 0 Å². The van der Waals surface area contributed by atoms with Crippen molar-refractivity contribution in [3.05, 3.63) is 29.5 Å². The Labute approximate surface area is 207 Å². The van der Waals surface area contributed by atoms with E-state index in [0.29, 0.717) is 40.7 Å². The van der Waals surface area contributed by atoms with Crippen molar-refractivity contribution in [2.24, 2.45) is 5.92 Å². The molecule has 2 fully saturated rings. The van der Waals surface area contributed by atoms with Crippen molar-refractivity contribution in [1.82, 2.24) is 20.3 Å². The Bertz CT molecular complexity index is 903. The molecule has 8 nitrogen and oxygen atoms in total. The average molecular weight is 489 g/mol. The van der Waals surface area contributed by atoms with Crippen LogP contribution in [0.5, 0.6) is 0 Å². The van der Waals surface area contributed by atoms with Crippen LogP contribution in [0.1, 0.15) is 45.4 Å². The minimum absolute atomic E-state index is 0.352. The number of hydrogen-bond acceptors (Lipinski definition) is 8. The molecule has 0 aromatic carbocycles. The molecule has 1 atom stereocenters. The maximum absolute atomic E-state index is 6.47. The van der Waals surface area contributed by atoms with E-state index in [4.69, 9.17) is 26.1 Å². The second-order valence-corrected chi connectivity index (χ2v) is 9.88. The van der Waals surface area contributed by atoms with Gasteiger partial charge < -0.3 is 25.4 Å². The Morgan fingerprint density at radius 3 is 2.65 bits per heavy atom. The molecular weight excluding hydrogens is 452 g/mol. The van der Waals surface area contributed by atoms with Gasteiger partial charge in [0.25, 0.3) is 0 Å². The fourth-order valence-electron chi connectivity index (χ4n) is 4.79. The number of pyridine rings is 1. The monoisotopic (exact) mass is 488 g/mol. The van der Waals surface area contributed by atoms with E-state index in [1.54, 1.807) is 19.5 Å². The predicted octanol–water partition coefficient (Wildman–Crippen LogP) is 4.38. The first-order valence-electron chi connectivity index (χ1n) is 12.4. The molecule has 3 heterocycles. The van der Waals surface area contributed by atoms with Gasteiger partial charge in [-0.3, -0.25) is 4.98 Å². The number of anilines is 2. The number of ether oxygens (including phenoxy) is 2. The van der Waals surface area contributed by atoms with Crippen LogP contribution in [0.25, 0.3) is 11.4 Å². The molecule has 2 aromatic rings. The average Bonchev–Trinajstić information content (AvgIpc) is 2.86. The van der Waals surface area contributed by atoms with Crippen LogP contribution in [-0.2, 0) is 9.47 Å². The molecule has 9 heteroatoms. The van der Waals surface area contributed by atoms with Crippen molar-refractivity contribution < 1.29 is 9.47 Å². The summed E-state index contributed by atoms with van der Waals surface area (Å²) >= 11 is 6.47. The maximum atomic E-state index is 6.47. The van der Waals surface area contributed by atoms with E-state index in [-0.39, 0.29) is 0 Å². The van der Waals surface area contributed by atoms with Gasteiger partial charge in [-0.05, 0) is 63.5 Å². The molecule has 3 N–H and O–H groups in total. The minimum Gasteiger partial charge on any atom is -0.385 e. The van der Waals surface area contributed by atoms with Crippen molar-refractivity contribution >= 4 is 23.2 Å². The van der Waals surface area contributed by atoms with Gasteiger partial charge in [0.15, 0.2) is 0 Å². The first kappa shape index (κ1) is 25.1. The molecule has 0 spiro atoms. The fourth-order valence-corrected chi connectivity index (χ4v) is 4.97. The first-order chi connectivity index (χ1) is 16.6. The second kappa shape index (κ2) is 12.6. The van der Waals surface area contributed by atoms with Crippen molar-refractivity contribution in [2.75, 3.05) is 44.1 Å². The molecule has 2 aliphatic rings. The summed E-state index contributed by atoms with van der Waals surface area (Å²) in [5.41, 5.74) is 2.42. The molecule has 1 aliphatic heterocycles. The third-order valence-electron chi connectivity index (χ3n) is 6.68. The van der Waals surface area contributed by atoms with Gasteiger partial charge in [0, 0.05) is 56.9 Å². The standard InChI is InChI=1S/C25H37ClN6O2/c1-17(16-33-2)30-19-3-5-20(6-4-19)31-25-29-15-22(26)24(32-25)23-13-21(7-10-27-23)28-14-18-8-11-34-12-9-18/h7,10,13,15,17-20,30H,3-6,8-9,11-12,14,16H2,1-2H3,(H,27,28)(H,29,31,32). The maximum Gasteiger partial charge on any atom is 0.223 e. The summed E-state index contributed by atoms with van der Waals surface area (Å²) in [6.45, 7) is 5.54. The van der Waals surface area contributed by atoms with Gasteiger partial charge in [-0.25, -0.2) is 9.97 Å². The molecule has 0 bridgehead atoms. The van der Waals surface area contributed by atoms with Gasteiger partial charge in [0.1, 0.15) is 5.69 Å². The van der Waals surface area contributed by atoms with E-state index in [0.717, 1.165) is 76.3 Å². The first-order valence-corrected chi connectivity index (χ1v) is 12.8. The number of rotatable bonds is 10. The normalized spacial score (nSPS) is 22.3. The summed E-state index contributed by atoms with van der Waals surface area (Å²) < 4.78 is 10.7. The molecular formula is C25H37ClN6O2. The van der Waals surface area contributed by atoms with E-state index in [1.165, 1.54) is 0 Å². The molecule has 1 unspecified atom stereocenters. The Balaban J connectivity index is 1.34. The number of nitrogens with zero attached hydrogens (tertiary/aromatic N) is 3. The molecule has 1 saturated carbocycles. The summed E-state index contributed by atoms with van der Waals surface area (Å²) in [6, 6.07) is 5.25. The molecule has 1 aliphatic carbocycles. The van der Waals surface area contributed by atoms with Crippen molar-refractivity contribution in [3.63, 3.8) is 0 Å². The molecule has 0 amide bonds. The highest BCUT2D eigenvalue weighted by molar-refractivity contribution is 6.32. The lowest BCUT2D eigenvalue weighted by Gasteiger charge is -2.31. The number of hydrogen-bond donors (Lipinski definition) is 3. The lowest BCUT2D eigenvalue weighted by Crippen LogP contribution is -2.43. The van der Waals surface area contributed by atoms with Crippen LogP contribution >= 0.6 is 11.6 Å². The fraction of sp³-hybridized carbons (Fsp3) is 0.640. The second-order valence-electron chi connectivity index (χ2n) is 9.47. The van der Waals surface area contributed by atoms with Crippen LogP contribution < -0.4 is 16.0 Å². The summed E-state index contributed by atoms with van der Waals surface area (Å²) in [6.07, 6.45) is 10.0. The molecule has 2 aromatic heterocycles. The summed E-state index contributed by atoms with van der Waals surface area (Å²) in [7, 11) is 1.75. The number of aromatic nitrogens is 3. The zero-order valence-electron chi connectivity index (χ0n) is 20.2. The third-order valence-corrected chi connectivity index (χ3v) is 6.96. The largest absolute Gasteiger partial charge is 0.385 e. The molecule has 34 heavy (non-hydrogen) atoms. The smallest absolute Gasteiger partial charge is 0.223 e. The Morgan fingerprint density at radius 2 is 1.88 bits per heavy atom. The summed E-state index contributed by atoms with van der Waals surface area (Å²) in [5.74, 6) is 1.24. The lowest BCUT2D eigenvalue weighted by atomic mass is 9.91. The van der Waals surface area contributed by atoms with Crippen molar-refractivity contribution in [3.8, 4) is 11.4 Å². The predicted molar refractivity (Wildman–Crippen MR) is 136 cm³/mol. The van der Waals surface area contributed by atoms with Gasteiger partial charge in [-0.1, -0.05) is 11.6 Å². The SMILES string of the molecule is COCC(C)NC1CCC(Nc2ncc(Cl)c(-c3cc(NCC4CCOCC4)ccn3)n2)CC1. The van der Waals surface area contributed by atoms with Gasteiger partial charge in [0.2, 0.25) is 5.95 Å². The zero-order valence-corrected chi connectivity index (χ0v) is 21.0. The topological polar surface area (TPSA) is 93.2 Å². The van der Waals surface area contributed by atoms with Crippen LogP contribution in [0, 0.1) is 5.92 Å². The Morgan fingerprint density at radius 1 is 1.12 bits per heavy atom. The molecule has 186 valence electrons. The van der Waals surface area contributed by atoms with E-state index in [1.807, 2.05) is 12.1 Å². The zero-order chi connectivity index (χ0) is 23.8. The quantitative estimate of drug-likeness (QED) is 0.453. The molecule has 0 radical (unpaired) electrons. The highest BCUT2D eigenvalue weighted by atomic mass is 35.5. The van der Waals surface area contributed by atoms with Crippen LogP contribution in [-0.4, -0.2) is 66.6 Å². The van der Waals surface area contributed by atoms with Gasteiger partial charge in [-0.15, -0.1) is 0 Å². The van der Waals surface area contributed by atoms with Gasteiger partial charge in [0.05, 0.1) is 23.5 Å². The summed E-state index contributed by atoms with van der Waals surface area (Å²) in [5, 5.41) is 11.2. The van der Waals surface area contributed by atoms with Gasteiger partial charge in [-0.2, -0.15) is 0 Å². The van der Waals surface area contributed by atoms with Crippen LogP contribution in [0.2, 0.25) is 5.02 Å². The third kappa shape index (κ3) is 7.25. The number of halogens is 1. The Hall–Kier alpha value is -2.00. The van der Waals surface area contributed by atoms with Crippen molar-refractivity contribution in [1.29, 1.82) is 0 Å². The van der Waals surface area contributed by atoms with Crippen LogP contribution in [0.4, 0.5) is 11.6 Å². The highest BCUT2D eigenvalue weighted by Crippen LogP contribution is 2.28. The number of nitrogens with one attached hydrogen (secondary N) is 3. The van der Waals surface area contributed by atoms with Crippen LogP contribution in [0.15, 0.2) is 24.5 Å². The van der Waals surface area contributed by atoms with E-state index in [2.05, 4.69) is 32.8 Å². The minimum atomic E-state index is 0.352. The van der Waals surface area contributed by atoms with E-state index < -0.39 is 0 Å². The van der Waals surface area contributed by atoms with Crippen molar-refractivity contribution in [2.45, 2.75) is 63.6 Å². The highest BCUT2D eigenvalue weighted by Gasteiger charge is 2.23. The summed E-state index contributed by atoms with van der Waals surface area (Å²) in [4.78, 5) is 13.7. The molecule has 4 rings (SSSR count). The lowest BCUT2D eigenvalue weighted by molar-refractivity contribution is 0.0699. The number of methoxy groups -OCH3 is 1. The Kier molecular flexibility index (Phi) is 9.33. The van der Waals surface area contributed by atoms with E-state index in [9.17, 15) is 0 Å². The van der Waals surface area contributed by atoms with Crippen LogP contribution in [0.3, 0.4) is 0 Å². The molecule has 1 saturated heterocycles. The van der Waals surface area contributed by atoms with Gasteiger partial charge >= 0.3 is 0 Å².